The number of guanidine groups is 1. The summed E-state index contributed by atoms with van der Waals surface area (Å²) in [6, 6.07) is 0.692. The highest BCUT2D eigenvalue weighted by atomic mass is 127. The lowest BCUT2D eigenvalue weighted by molar-refractivity contribution is 0.264. The molecule has 21 heavy (non-hydrogen) atoms. The molecule has 2 aliphatic rings. The fourth-order valence-electron chi connectivity index (χ4n) is 3.58. The molecule has 0 radical (unpaired) electrons. The first-order valence-electron chi connectivity index (χ1n) is 8.31. The Balaban J connectivity index is 0.00000220. The van der Waals surface area contributed by atoms with Crippen LogP contribution in [0.3, 0.4) is 0 Å². The third kappa shape index (κ3) is 4.71. The van der Waals surface area contributed by atoms with E-state index in [0.717, 1.165) is 25.6 Å². The molecule has 0 bridgehead atoms. The Kier molecular flexibility index (Phi) is 7.74. The number of likely N-dealkylation sites (N-methyl/N-ethyl adjacent to an activating group) is 1. The van der Waals surface area contributed by atoms with E-state index in [1.807, 2.05) is 7.05 Å². The van der Waals surface area contributed by atoms with Crippen molar-refractivity contribution < 1.29 is 0 Å². The lowest BCUT2D eigenvalue weighted by Crippen LogP contribution is -2.46. The predicted molar refractivity (Wildman–Crippen MR) is 102 cm³/mol. The maximum atomic E-state index is 4.49. The standard InChI is InChI=1S/C16H32N4.HI/c1-5-16(3)9-11-20(13-16)15(17-4)18-12-14-8-7-10-19(14)6-2;/h14H,5-13H2,1-4H3,(H,17,18);1H. The molecule has 0 aliphatic carbocycles. The van der Waals surface area contributed by atoms with Crippen LogP contribution in [0.1, 0.15) is 46.5 Å². The average Bonchev–Trinajstić information content (AvgIpc) is 3.07. The molecule has 2 atom stereocenters. The number of rotatable bonds is 4. The number of halogens is 1. The molecule has 2 rings (SSSR count). The van der Waals surface area contributed by atoms with Crippen molar-refractivity contribution in [1.82, 2.24) is 15.1 Å². The molecule has 0 spiro atoms. The van der Waals surface area contributed by atoms with Crippen molar-refractivity contribution in [2.75, 3.05) is 39.8 Å². The summed E-state index contributed by atoms with van der Waals surface area (Å²) in [5.41, 5.74) is 0.473. The van der Waals surface area contributed by atoms with E-state index in [1.54, 1.807) is 0 Å². The van der Waals surface area contributed by atoms with Crippen molar-refractivity contribution in [2.45, 2.75) is 52.5 Å². The summed E-state index contributed by atoms with van der Waals surface area (Å²) >= 11 is 0. The minimum Gasteiger partial charge on any atom is -0.355 e. The van der Waals surface area contributed by atoms with Crippen LogP contribution in [0.2, 0.25) is 0 Å². The molecule has 4 nitrogen and oxygen atoms in total. The van der Waals surface area contributed by atoms with Crippen molar-refractivity contribution >= 4 is 29.9 Å². The van der Waals surface area contributed by atoms with E-state index < -0.39 is 0 Å². The zero-order valence-corrected chi connectivity index (χ0v) is 16.5. The van der Waals surface area contributed by atoms with Gasteiger partial charge >= 0.3 is 0 Å². The maximum Gasteiger partial charge on any atom is 0.193 e. The van der Waals surface area contributed by atoms with Gasteiger partial charge in [0.05, 0.1) is 0 Å². The molecule has 2 unspecified atom stereocenters. The van der Waals surface area contributed by atoms with Gasteiger partial charge in [-0.3, -0.25) is 9.89 Å². The van der Waals surface area contributed by atoms with Crippen LogP contribution in [0.5, 0.6) is 0 Å². The van der Waals surface area contributed by atoms with Gasteiger partial charge in [0.15, 0.2) is 5.96 Å². The molecule has 2 heterocycles. The quantitative estimate of drug-likeness (QED) is 0.441. The third-order valence-electron chi connectivity index (χ3n) is 5.32. The SMILES string of the molecule is CCN1CCCC1CNC(=NC)N1CCC(C)(CC)C1.I. The molecular weight excluding hydrogens is 375 g/mol. The fourth-order valence-corrected chi connectivity index (χ4v) is 3.58. The first kappa shape index (κ1) is 19.0. The largest absolute Gasteiger partial charge is 0.355 e. The van der Waals surface area contributed by atoms with E-state index >= 15 is 0 Å². The average molecular weight is 408 g/mol. The number of hydrogen-bond acceptors (Lipinski definition) is 2. The van der Waals surface area contributed by atoms with E-state index in [9.17, 15) is 0 Å². The Hall–Kier alpha value is -0.0400. The number of likely N-dealkylation sites (tertiary alicyclic amines) is 2. The Morgan fingerprint density at radius 1 is 1.33 bits per heavy atom. The highest BCUT2D eigenvalue weighted by molar-refractivity contribution is 14.0. The molecule has 0 aromatic rings. The zero-order valence-electron chi connectivity index (χ0n) is 14.2. The van der Waals surface area contributed by atoms with Crippen LogP contribution in [0.25, 0.3) is 0 Å². The molecule has 2 aliphatic heterocycles. The first-order chi connectivity index (χ1) is 9.61. The van der Waals surface area contributed by atoms with Crippen molar-refractivity contribution in [3.05, 3.63) is 0 Å². The molecule has 5 heteroatoms. The molecule has 2 saturated heterocycles. The van der Waals surface area contributed by atoms with Crippen molar-refractivity contribution in [3.63, 3.8) is 0 Å². The highest BCUT2D eigenvalue weighted by Gasteiger charge is 2.33. The van der Waals surface area contributed by atoms with E-state index in [2.05, 4.69) is 40.9 Å². The van der Waals surface area contributed by atoms with E-state index in [4.69, 9.17) is 0 Å². The molecule has 1 N–H and O–H groups in total. The van der Waals surface area contributed by atoms with E-state index in [-0.39, 0.29) is 24.0 Å². The summed E-state index contributed by atoms with van der Waals surface area (Å²) in [5, 5.41) is 3.61. The third-order valence-corrected chi connectivity index (χ3v) is 5.32. The minimum absolute atomic E-state index is 0. The Morgan fingerprint density at radius 2 is 2.10 bits per heavy atom. The van der Waals surface area contributed by atoms with Crippen LogP contribution >= 0.6 is 24.0 Å². The van der Waals surface area contributed by atoms with Gasteiger partial charge in [0.2, 0.25) is 0 Å². The zero-order chi connectivity index (χ0) is 14.6. The van der Waals surface area contributed by atoms with Crippen LogP contribution in [-0.2, 0) is 0 Å². The number of nitrogens with zero attached hydrogens (tertiary/aromatic N) is 3. The fraction of sp³-hybridized carbons (Fsp3) is 0.938. The normalized spacial score (nSPS) is 30.6. The van der Waals surface area contributed by atoms with Gasteiger partial charge in [0.25, 0.3) is 0 Å². The number of hydrogen-bond donors (Lipinski definition) is 1. The van der Waals surface area contributed by atoms with Crippen LogP contribution in [-0.4, -0.2) is 61.6 Å². The van der Waals surface area contributed by atoms with Crippen LogP contribution in [0.15, 0.2) is 4.99 Å². The molecule has 0 amide bonds. The van der Waals surface area contributed by atoms with Gasteiger partial charge in [-0.25, -0.2) is 0 Å². The lowest BCUT2D eigenvalue weighted by Gasteiger charge is -2.28. The molecular formula is C16H33IN4. The second kappa shape index (κ2) is 8.56. The van der Waals surface area contributed by atoms with Gasteiger partial charge in [0.1, 0.15) is 0 Å². The molecule has 124 valence electrons. The topological polar surface area (TPSA) is 30.9 Å². The monoisotopic (exact) mass is 408 g/mol. The van der Waals surface area contributed by atoms with Gasteiger partial charge < -0.3 is 10.2 Å². The second-order valence-corrected chi connectivity index (χ2v) is 6.69. The van der Waals surface area contributed by atoms with Gasteiger partial charge in [-0.05, 0) is 44.2 Å². The van der Waals surface area contributed by atoms with Gasteiger partial charge in [0, 0.05) is 32.7 Å². The summed E-state index contributed by atoms with van der Waals surface area (Å²) < 4.78 is 0. The van der Waals surface area contributed by atoms with Gasteiger partial charge in [-0.15, -0.1) is 24.0 Å². The van der Waals surface area contributed by atoms with E-state index in [1.165, 1.54) is 38.8 Å². The van der Waals surface area contributed by atoms with E-state index in [0.29, 0.717) is 11.5 Å². The minimum atomic E-state index is 0. The predicted octanol–water partition coefficient (Wildman–Crippen LogP) is 2.79. The number of aliphatic imine (C=N–C) groups is 1. The summed E-state index contributed by atoms with van der Waals surface area (Å²) in [4.78, 5) is 9.52. The summed E-state index contributed by atoms with van der Waals surface area (Å²) in [5.74, 6) is 1.10. The van der Waals surface area contributed by atoms with Gasteiger partial charge in [-0.1, -0.05) is 20.8 Å². The Bertz CT molecular complexity index is 347. The Morgan fingerprint density at radius 3 is 2.67 bits per heavy atom. The van der Waals surface area contributed by atoms with Crippen molar-refractivity contribution in [2.24, 2.45) is 10.4 Å². The first-order valence-corrected chi connectivity index (χ1v) is 8.31. The van der Waals surface area contributed by atoms with Gasteiger partial charge in [-0.2, -0.15) is 0 Å². The van der Waals surface area contributed by atoms with Crippen LogP contribution in [0, 0.1) is 5.41 Å². The smallest absolute Gasteiger partial charge is 0.193 e. The molecule has 0 aromatic heterocycles. The Labute approximate surface area is 147 Å². The summed E-state index contributed by atoms with van der Waals surface area (Å²) in [7, 11) is 1.91. The second-order valence-electron chi connectivity index (χ2n) is 6.69. The highest BCUT2D eigenvalue weighted by Crippen LogP contribution is 2.32. The van der Waals surface area contributed by atoms with Crippen LogP contribution < -0.4 is 5.32 Å². The summed E-state index contributed by atoms with van der Waals surface area (Å²) in [6.45, 7) is 12.7. The molecule has 2 fully saturated rings. The van der Waals surface area contributed by atoms with Crippen molar-refractivity contribution in [1.29, 1.82) is 0 Å². The van der Waals surface area contributed by atoms with Crippen molar-refractivity contribution in [3.8, 4) is 0 Å². The number of nitrogens with one attached hydrogen (secondary N) is 1. The molecule has 0 saturated carbocycles. The lowest BCUT2D eigenvalue weighted by atomic mass is 9.87. The van der Waals surface area contributed by atoms with Crippen LogP contribution in [0.4, 0.5) is 0 Å². The maximum absolute atomic E-state index is 4.49. The summed E-state index contributed by atoms with van der Waals surface area (Å²) in [6.07, 6.45) is 5.21. The molecule has 0 aromatic carbocycles.